The second-order valence-electron chi connectivity index (χ2n) is 6.96. The number of nitrogens with zero attached hydrogens (tertiary/aromatic N) is 6. The van der Waals surface area contributed by atoms with Gasteiger partial charge in [-0.05, 0) is 30.7 Å². The maximum absolute atomic E-state index is 13.9. The highest BCUT2D eigenvalue weighted by molar-refractivity contribution is 5.99. The van der Waals surface area contributed by atoms with Crippen LogP contribution in [0.2, 0.25) is 0 Å². The molecule has 10 heteroatoms. The molecule has 0 saturated carbocycles. The number of fused-ring (bicyclic) bond motifs is 1. The lowest BCUT2D eigenvalue weighted by Gasteiger charge is -2.11. The molecule has 0 unspecified atom stereocenters. The Morgan fingerprint density at radius 1 is 1.06 bits per heavy atom. The number of halogens is 1. The molecule has 0 aliphatic carbocycles. The number of ketones is 1. The maximum atomic E-state index is 13.9. The van der Waals surface area contributed by atoms with Gasteiger partial charge >= 0.3 is 0 Å². The highest BCUT2D eigenvalue weighted by atomic mass is 19.1. The largest absolute Gasteiger partial charge is 0.443 e. The van der Waals surface area contributed by atoms with Gasteiger partial charge in [0.05, 0.1) is 11.9 Å². The number of anilines is 1. The summed E-state index contributed by atoms with van der Waals surface area (Å²) in [6, 6.07) is 6.43. The van der Waals surface area contributed by atoms with E-state index in [4.69, 9.17) is 10.2 Å². The van der Waals surface area contributed by atoms with Crippen LogP contribution in [0.4, 0.5) is 10.2 Å². The molecule has 0 aromatic carbocycles. The first-order valence-corrected chi connectivity index (χ1v) is 9.73. The second kappa shape index (κ2) is 7.99. The van der Waals surface area contributed by atoms with Crippen LogP contribution in [0.25, 0.3) is 28.5 Å². The van der Waals surface area contributed by atoms with Crippen molar-refractivity contribution in [1.29, 1.82) is 0 Å². The van der Waals surface area contributed by atoms with E-state index < -0.39 is 5.82 Å². The van der Waals surface area contributed by atoms with Gasteiger partial charge in [0.25, 0.3) is 0 Å². The molecule has 9 nitrogen and oxygen atoms in total. The average Bonchev–Trinajstić information content (AvgIpc) is 3.50. The molecule has 0 bridgehead atoms. The number of hydrogen-bond donors (Lipinski definition) is 1. The Balaban J connectivity index is 1.56. The highest BCUT2D eigenvalue weighted by Gasteiger charge is 2.22. The summed E-state index contributed by atoms with van der Waals surface area (Å²) in [5, 5.41) is 0. The Kier molecular flexibility index (Phi) is 4.86. The van der Waals surface area contributed by atoms with Gasteiger partial charge in [-0.1, -0.05) is 0 Å². The Bertz CT molecular complexity index is 1430. The minimum Gasteiger partial charge on any atom is -0.443 e. The van der Waals surface area contributed by atoms with Gasteiger partial charge in [0, 0.05) is 36.8 Å². The minimum absolute atomic E-state index is 0.00243. The summed E-state index contributed by atoms with van der Waals surface area (Å²) in [7, 11) is 0. The van der Waals surface area contributed by atoms with Gasteiger partial charge in [-0.15, -0.1) is 0 Å². The number of nitrogens with two attached hydrogens (primary N) is 1. The van der Waals surface area contributed by atoms with Crippen LogP contribution in [0.1, 0.15) is 22.6 Å². The first-order valence-electron chi connectivity index (χ1n) is 9.73. The molecule has 0 spiro atoms. The predicted octanol–water partition coefficient (Wildman–Crippen LogP) is 3.38. The van der Waals surface area contributed by atoms with Gasteiger partial charge < -0.3 is 14.6 Å². The molecule has 5 aromatic rings. The van der Waals surface area contributed by atoms with Gasteiger partial charge in [0.15, 0.2) is 17.3 Å². The first-order chi connectivity index (χ1) is 15.6. The molecule has 158 valence electrons. The van der Waals surface area contributed by atoms with E-state index in [9.17, 15) is 9.18 Å². The van der Waals surface area contributed by atoms with E-state index in [1.54, 1.807) is 12.4 Å². The topological polar surface area (TPSA) is 125 Å². The van der Waals surface area contributed by atoms with E-state index in [0.29, 0.717) is 17.0 Å². The molecule has 0 fully saturated rings. The Hall–Kier alpha value is -4.47. The van der Waals surface area contributed by atoms with Crippen molar-refractivity contribution in [3.63, 3.8) is 0 Å². The standard InChI is InChI=1S/C22H16FN7O2/c23-14-2-1-7-25-15(14)4-5-16(31)19-21(24)29-20(22-27-9-11-32-22)18(28-19)13-3-6-17-26-8-10-30(17)12-13/h1-3,6-12H,4-5H2,(H2,24,29). The van der Waals surface area contributed by atoms with Crippen molar-refractivity contribution in [2.24, 2.45) is 0 Å². The lowest BCUT2D eigenvalue weighted by atomic mass is 10.1. The van der Waals surface area contributed by atoms with E-state index >= 15 is 0 Å². The molecule has 0 aliphatic rings. The van der Waals surface area contributed by atoms with Crippen molar-refractivity contribution in [2.45, 2.75) is 12.8 Å². The summed E-state index contributed by atoms with van der Waals surface area (Å²) < 4.78 is 21.1. The molecular weight excluding hydrogens is 413 g/mol. The summed E-state index contributed by atoms with van der Waals surface area (Å²) >= 11 is 0. The summed E-state index contributed by atoms with van der Waals surface area (Å²) in [6.07, 6.45) is 9.75. The number of oxazole rings is 1. The first kappa shape index (κ1) is 19.5. The zero-order valence-corrected chi connectivity index (χ0v) is 16.6. The Morgan fingerprint density at radius 2 is 1.97 bits per heavy atom. The van der Waals surface area contributed by atoms with Crippen LogP contribution < -0.4 is 5.73 Å². The van der Waals surface area contributed by atoms with Crippen LogP contribution in [0.5, 0.6) is 0 Å². The minimum atomic E-state index is -0.465. The number of nitrogen functional groups attached to an aromatic ring is 1. The van der Waals surface area contributed by atoms with Crippen LogP contribution in [0.3, 0.4) is 0 Å². The molecule has 0 atom stereocenters. The summed E-state index contributed by atoms with van der Waals surface area (Å²) in [5.74, 6) is -0.673. The van der Waals surface area contributed by atoms with Crippen molar-refractivity contribution in [2.75, 3.05) is 5.73 Å². The molecule has 5 rings (SSSR count). The van der Waals surface area contributed by atoms with E-state index in [1.165, 1.54) is 30.8 Å². The number of carbonyl (C=O) groups is 1. The fourth-order valence-corrected chi connectivity index (χ4v) is 3.36. The predicted molar refractivity (Wildman–Crippen MR) is 113 cm³/mol. The number of rotatable bonds is 6. The van der Waals surface area contributed by atoms with Crippen molar-refractivity contribution in [1.82, 2.24) is 29.3 Å². The third-order valence-electron chi connectivity index (χ3n) is 4.91. The fourth-order valence-electron chi connectivity index (χ4n) is 3.36. The van der Waals surface area contributed by atoms with Crippen LogP contribution in [-0.2, 0) is 6.42 Å². The smallest absolute Gasteiger partial charge is 0.247 e. The molecule has 0 radical (unpaired) electrons. The third-order valence-corrected chi connectivity index (χ3v) is 4.91. The molecule has 0 aliphatic heterocycles. The quantitative estimate of drug-likeness (QED) is 0.407. The zero-order chi connectivity index (χ0) is 22.1. The average molecular weight is 429 g/mol. The maximum Gasteiger partial charge on any atom is 0.247 e. The normalized spacial score (nSPS) is 11.2. The molecule has 5 aromatic heterocycles. The summed E-state index contributed by atoms with van der Waals surface area (Å²) in [5.41, 5.74) is 8.39. The lowest BCUT2D eigenvalue weighted by molar-refractivity contribution is 0.0978. The van der Waals surface area contributed by atoms with Gasteiger partial charge in [-0.25, -0.2) is 24.3 Å². The summed E-state index contributed by atoms with van der Waals surface area (Å²) in [6.45, 7) is 0. The van der Waals surface area contributed by atoms with Crippen LogP contribution in [-0.4, -0.2) is 35.1 Å². The number of carbonyl (C=O) groups excluding carboxylic acids is 1. The molecule has 5 heterocycles. The fraction of sp³-hybridized carbons (Fsp3) is 0.0909. The van der Waals surface area contributed by atoms with E-state index in [0.717, 1.165) is 5.65 Å². The second-order valence-corrected chi connectivity index (χ2v) is 6.96. The van der Waals surface area contributed by atoms with E-state index in [2.05, 4.69) is 24.9 Å². The number of aromatic nitrogens is 6. The number of Topliss-reactive ketones (excluding diaryl/α,β-unsaturated/α-hetero) is 1. The lowest BCUT2D eigenvalue weighted by Crippen LogP contribution is -2.12. The molecular formula is C22H16FN7O2. The van der Waals surface area contributed by atoms with E-state index in [1.807, 2.05) is 22.7 Å². The van der Waals surface area contributed by atoms with Crippen molar-refractivity contribution >= 4 is 17.2 Å². The molecule has 0 saturated heterocycles. The van der Waals surface area contributed by atoms with Gasteiger partial charge in [0.2, 0.25) is 5.89 Å². The monoisotopic (exact) mass is 429 g/mol. The third kappa shape index (κ3) is 3.58. The number of hydrogen-bond acceptors (Lipinski definition) is 8. The Morgan fingerprint density at radius 3 is 2.78 bits per heavy atom. The number of pyridine rings is 2. The van der Waals surface area contributed by atoms with Crippen molar-refractivity contribution < 1.29 is 13.6 Å². The van der Waals surface area contributed by atoms with Crippen molar-refractivity contribution in [3.05, 3.63) is 78.7 Å². The van der Waals surface area contributed by atoms with Crippen LogP contribution in [0.15, 0.2) is 65.9 Å². The van der Waals surface area contributed by atoms with Crippen LogP contribution in [0, 0.1) is 5.82 Å². The van der Waals surface area contributed by atoms with E-state index in [-0.39, 0.29) is 41.7 Å². The summed E-state index contributed by atoms with van der Waals surface area (Å²) in [4.78, 5) is 34.2. The molecule has 0 amide bonds. The van der Waals surface area contributed by atoms with Crippen LogP contribution >= 0.6 is 0 Å². The van der Waals surface area contributed by atoms with Gasteiger partial charge in [0.1, 0.15) is 29.1 Å². The molecule has 32 heavy (non-hydrogen) atoms. The highest BCUT2D eigenvalue weighted by Crippen LogP contribution is 2.30. The number of aryl methyl sites for hydroxylation is 1. The van der Waals surface area contributed by atoms with Gasteiger partial charge in [-0.3, -0.25) is 9.78 Å². The molecule has 2 N–H and O–H groups in total. The number of imidazole rings is 1. The van der Waals surface area contributed by atoms with Crippen molar-refractivity contribution in [3.8, 4) is 22.8 Å². The Labute approximate surface area is 180 Å². The SMILES string of the molecule is Nc1nc(-c2ncco2)c(-c2ccc3nccn3c2)nc1C(=O)CCc1ncccc1F. The van der Waals surface area contributed by atoms with Gasteiger partial charge in [-0.2, -0.15) is 0 Å². The zero-order valence-electron chi connectivity index (χ0n) is 16.6.